The van der Waals surface area contributed by atoms with Crippen LogP contribution in [0.4, 0.5) is 0 Å². The summed E-state index contributed by atoms with van der Waals surface area (Å²) in [5, 5.41) is 62.0. The van der Waals surface area contributed by atoms with Crippen molar-refractivity contribution >= 4 is 47.2 Å². The Labute approximate surface area is 433 Å². The van der Waals surface area contributed by atoms with E-state index in [4.69, 9.17) is 9.26 Å². The average Bonchev–Trinajstić information content (AvgIpc) is 4.17. The van der Waals surface area contributed by atoms with Gasteiger partial charge in [0, 0.05) is 32.9 Å². The van der Waals surface area contributed by atoms with Gasteiger partial charge in [-0.1, -0.05) is 256 Å². The first kappa shape index (κ1) is 56.2. The highest BCUT2D eigenvalue weighted by Gasteiger charge is 2.50. The maximum atomic E-state index is 11.0. The summed E-state index contributed by atoms with van der Waals surface area (Å²) in [5.41, 5.74) is 10.9. The standard InChI is InChI=1S/C60H92B2N4O6/c1-5-9-13-17-21-25-29-33-37-59(38-34-30-26-22-18-14-10-6-2)47-41-46-48(42-45(47)53-49(59)43-51(61(67)68)55-57(53)65-71-63-55)60(39-35-31-27-23-19-15-11-7-3,40-36-32-28-24-20-16-12-8-4)50-44-52(62(69)70)56-58(54(46)50)66-72-64-56/h41-44,67-70H,5-40H2,1-4H3. The van der Waals surface area contributed by atoms with E-state index < -0.39 is 25.1 Å². The van der Waals surface area contributed by atoms with Gasteiger partial charge in [0.15, 0.2) is 0 Å². The lowest BCUT2D eigenvalue weighted by molar-refractivity contribution is 0.315. The van der Waals surface area contributed by atoms with Crippen molar-refractivity contribution in [1.29, 1.82) is 0 Å². The summed E-state index contributed by atoms with van der Waals surface area (Å²) in [6, 6.07) is 9.06. The van der Waals surface area contributed by atoms with Gasteiger partial charge in [-0.15, -0.1) is 0 Å². The van der Waals surface area contributed by atoms with E-state index in [1.165, 1.54) is 165 Å². The van der Waals surface area contributed by atoms with Crippen LogP contribution in [-0.4, -0.2) is 55.0 Å². The number of aromatic nitrogens is 4. The number of nitrogens with zero attached hydrogens (tertiary/aromatic N) is 4. The fourth-order valence-corrected chi connectivity index (χ4v) is 13.3. The zero-order valence-electron chi connectivity index (χ0n) is 45.3. The normalized spacial score (nSPS) is 14.1. The molecule has 5 aromatic rings. The molecule has 0 bridgehead atoms. The Morgan fingerprint density at radius 2 is 0.583 bits per heavy atom. The predicted molar refractivity (Wildman–Crippen MR) is 298 cm³/mol. The molecule has 12 heteroatoms. The SMILES string of the molecule is CCCCCCCCCCC1(CCCCCCCCCC)c2cc3c(cc2-c2c1cc(B(O)O)c1nonc21)C(CCCCCCCCCC)(CCCCCCCCCC)c1cc(B(O)O)c2nonc2c1-3. The summed E-state index contributed by atoms with van der Waals surface area (Å²) >= 11 is 0. The molecule has 394 valence electrons. The van der Waals surface area contributed by atoms with Crippen molar-refractivity contribution in [2.24, 2.45) is 0 Å². The third kappa shape index (κ3) is 12.9. The maximum Gasteiger partial charge on any atom is 0.490 e. The Hall–Kier alpha value is -3.57. The first-order valence-electron chi connectivity index (χ1n) is 29.8. The molecule has 72 heavy (non-hydrogen) atoms. The number of hydrogen-bond acceptors (Lipinski definition) is 10. The Balaban J connectivity index is 1.38. The van der Waals surface area contributed by atoms with Gasteiger partial charge in [0.05, 0.1) is 0 Å². The fraction of sp³-hybridized carbons (Fsp3) is 0.700. The third-order valence-corrected chi connectivity index (χ3v) is 17.3. The molecule has 4 N–H and O–H groups in total. The van der Waals surface area contributed by atoms with Crippen LogP contribution in [0.1, 0.15) is 281 Å². The number of unbranched alkanes of at least 4 members (excludes halogenated alkanes) is 28. The van der Waals surface area contributed by atoms with Gasteiger partial charge in [-0.2, -0.15) is 0 Å². The van der Waals surface area contributed by atoms with Crippen LogP contribution in [0.3, 0.4) is 0 Å². The average molecular weight is 987 g/mol. The molecule has 10 nitrogen and oxygen atoms in total. The maximum absolute atomic E-state index is 11.0. The van der Waals surface area contributed by atoms with E-state index in [1.807, 2.05) is 12.1 Å². The van der Waals surface area contributed by atoms with Crippen LogP contribution in [0.5, 0.6) is 0 Å². The molecule has 0 aliphatic heterocycles. The predicted octanol–water partition coefficient (Wildman–Crippen LogP) is 14.8. The zero-order chi connectivity index (χ0) is 50.8. The molecule has 3 aromatic carbocycles. The van der Waals surface area contributed by atoms with Crippen molar-refractivity contribution in [2.75, 3.05) is 0 Å². The molecule has 2 aromatic heterocycles. The van der Waals surface area contributed by atoms with Gasteiger partial charge in [-0.05, 0) is 81.5 Å². The van der Waals surface area contributed by atoms with E-state index in [2.05, 4.69) is 60.5 Å². The van der Waals surface area contributed by atoms with Gasteiger partial charge in [-0.3, -0.25) is 0 Å². The van der Waals surface area contributed by atoms with Crippen LogP contribution in [0.2, 0.25) is 0 Å². The van der Waals surface area contributed by atoms with Gasteiger partial charge < -0.3 is 20.1 Å². The van der Waals surface area contributed by atoms with Crippen LogP contribution in [0.25, 0.3) is 44.3 Å². The number of rotatable bonds is 38. The Morgan fingerprint density at radius 3 is 0.847 bits per heavy atom. The van der Waals surface area contributed by atoms with Gasteiger partial charge in [-0.25, -0.2) is 9.26 Å². The highest BCUT2D eigenvalue weighted by atomic mass is 16.6. The second-order valence-electron chi connectivity index (χ2n) is 22.5. The van der Waals surface area contributed by atoms with Crippen LogP contribution < -0.4 is 10.9 Å². The molecule has 0 saturated carbocycles. The minimum atomic E-state index is -1.73. The lowest BCUT2D eigenvalue weighted by atomic mass is 9.67. The minimum Gasteiger partial charge on any atom is -0.423 e. The van der Waals surface area contributed by atoms with E-state index in [-0.39, 0.29) is 0 Å². The molecule has 0 unspecified atom stereocenters. The molecule has 0 amide bonds. The number of fused-ring (bicyclic) bond motifs is 10. The highest BCUT2D eigenvalue weighted by molar-refractivity contribution is 6.62. The highest BCUT2D eigenvalue weighted by Crippen LogP contribution is 2.62. The van der Waals surface area contributed by atoms with Crippen LogP contribution in [-0.2, 0) is 10.8 Å². The largest absolute Gasteiger partial charge is 0.490 e. The second kappa shape index (κ2) is 28.4. The molecule has 7 rings (SSSR count). The van der Waals surface area contributed by atoms with Gasteiger partial charge in [0.2, 0.25) is 0 Å². The molecule has 0 spiro atoms. The minimum absolute atomic E-state index is 0.344. The van der Waals surface area contributed by atoms with E-state index in [9.17, 15) is 20.1 Å². The monoisotopic (exact) mass is 987 g/mol. The van der Waals surface area contributed by atoms with Crippen LogP contribution in [0.15, 0.2) is 33.5 Å². The smallest absolute Gasteiger partial charge is 0.423 e. The Kier molecular flexibility index (Phi) is 22.1. The molecule has 0 radical (unpaired) electrons. The first-order valence-corrected chi connectivity index (χ1v) is 29.8. The fourth-order valence-electron chi connectivity index (χ4n) is 13.3. The summed E-state index contributed by atoms with van der Waals surface area (Å²) in [6.07, 6.45) is 42.8. The lowest BCUT2D eigenvalue weighted by Crippen LogP contribution is -2.34. The van der Waals surface area contributed by atoms with Gasteiger partial charge in [0.1, 0.15) is 22.1 Å². The number of benzene rings is 3. The molecular weight excluding hydrogens is 894 g/mol. The van der Waals surface area contributed by atoms with Crippen molar-refractivity contribution in [1.82, 2.24) is 20.6 Å². The van der Waals surface area contributed by atoms with Crippen LogP contribution in [0, 0.1) is 0 Å². The topological polar surface area (TPSA) is 159 Å². The Bertz CT molecular complexity index is 2210. The van der Waals surface area contributed by atoms with Gasteiger partial charge in [0.25, 0.3) is 0 Å². The quantitative estimate of drug-likeness (QED) is 0.0221. The van der Waals surface area contributed by atoms with Crippen molar-refractivity contribution in [3.8, 4) is 22.3 Å². The first-order chi connectivity index (χ1) is 35.3. The molecule has 0 fully saturated rings. The second-order valence-corrected chi connectivity index (χ2v) is 22.5. The van der Waals surface area contributed by atoms with Crippen molar-refractivity contribution in [3.63, 3.8) is 0 Å². The summed E-state index contributed by atoms with van der Waals surface area (Å²) in [7, 11) is -3.46. The molecule has 2 aliphatic carbocycles. The lowest BCUT2D eigenvalue weighted by Gasteiger charge is -2.35. The summed E-state index contributed by atoms with van der Waals surface area (Å²) < 4.78 is 11.1. The van der Waals surface area contributed by atoms with E-state index >= 15 is 0 Å². The summed E-state index contributed by atoms with van der Waals surface area (Å²) in [5.74, 6) is 0. The van der Waals surface area contributed by atoms with E-state index in [1.54, 1.807) is 0 Å². The van der Waals surface area contributed by atoms with Crippen molar-refractivity contribution < 1.29 is 29.4 Å². The van der Waals surface area contributed by atoms with Gasteiger partial charge >= 0.3 is 14.2 Å². The molecule has 2 heterocycles. The molecule has 0 atom stereocenters. The van der Waals surface area contributed by atoms with Crippen LogP contribution >= 0.6 is 0 Å². The molecule has 0 saturated heterocycles. The molecule has 2 aliphatic rings. The summed E-state index contributed by atoms with van der Waals surface area (Å²) in [6.45, 7) is 9.10. The number of hydrogen-bond donors (Lipinski definition) is 4. The zero-order valence-corrected chi connectivity index (χ0v) is 45.3. The summed E-state index contributed by atoms with van der Waals surface area (Å²) in [4.78, 5) is 0. The van der Waals surface area contributed by atoms with E-state index in [0.29, 0.717) is 33.0 Å². The van der Waals surface area contributed by atoms with Crippen molar-refractivity contribution in [3.05, 3.63) is 46.5 Å². The molecular formula is C60H92B2N4O6. The van der Waals surface area contributed by atoms with Crippen molar-refractivity contribution in [2.45, 2.75) is 270 Å². The van der Waals surface area contributed by atoms with E-state index in [0.717, 1.165) is 110 Å². The third-order valence-electron chi connectivity index (χ3n) is 17.3. The Morgan fingerprint density at radius 1 is 0.333 bits per heavy atom.